The van der Waals surface area contributed by atoms with Gasteiger partial charge in [0.05, 0.1) is 12.8 Å². The van der Waals surface area contributed by atoms with E-state index < -0.39 is 5.63 Å². The van der Waals surface area contributed by atoms with E-state index in [1.807, 2.05) is 12.1 Å². The number of nitrogens with zero attached hydrogens (tertiary/aromatic N) is 1. The maximum absolute atomic E-state index is 12.2. The lowest BCUT2D eigenvalue weighted by Gasteiger charge is -2.33. The van der Waals surface area contributed by atoms with Crippen LogP contribution in [0.5, 0.6) is 17.2 Å². The molecule has 0 amide bonds. The number of nitrogens with one attached hydrogen (secondary N) is 1. The molecule has 0 aliphatic carbocycles. The highest BCUT2D eigenvalue weighted by molar-refractivity contribution is 6.34. The Bertz CT molecular complexity index is 1170. The largest absolute Gasteiger partial charge is 0.497 e. The Morgan fingerprint density at radius 2 is 1.94 bits per heavy atom. The van der Waals surface area contributed by atoms with E-state index in [-0.39, 0.29) is 17.9 Å². The number of hydrogen-bond acceptors (Lipinski definition) is 7. The summed E-state index contributed by atoms with van der Waals surface area (Å²) in [5.41, 5.74) is 1.76. The number of likely N-dealkylation sites (tertiary alicyclic amines) is 1. The van der Waals surface area contributed by atoms with Crippen LogP contribution in [0.25, 0.3) is 11.0 Å². The molecule has 0 radical (unpaired) electrons. The van der Waals surface area contributed by atoms with Crippen molar-refractivity contribution in [3.05, 3.63) is 57.4 Å². The van der Waals surface area contributed by atoms with Crippen LogP contribution in [0.3, 0.4) is 0 Å². The summed E-state index contributed by atoms with van der Waals surface area (Å²) >= 11 is 6.33. The third-order valence-electron chi connectivity index (χ3n) is 5.84. The average molecular weight is 443 g/mol. The van der Waals surface area contributed by atoms with Gasteiger partial charge in [-0.1, -0.05) is 17.7 Å². The highest BCUT2D eigenvalue weighted by atomic mass is 35.5. The van der Waals surface area contributed by atoms with Crippen LogP contribution in [0.4, 0.5) is 5.69 Å². The van der Waals surface area contributed by atoms with E-state index in [9.17, 15) is 4.79 Å². The molecule has 5 rings (SSSR count). The van der Waals surface area contributed by atoms with E-state index in [2.05, 4.69) is 22.3 Å². The van der Waals surface area contributed by atoms with Gasteiger partial charge >= 0.3 is 5.63 Å². The van der Waals surface area contributed by atoms with Crippen molar-refractivity contribution in [1.29, 1.82) is 0 Å². The summed E-state index contributed by atoms with van der Waals surface area (Å²) in [7, 11) is 1.60. The fourth-order valence-corrected chi connectivity index (χ4v) is 4.36. The van der Waals surface area contributed by atoms with E-state index in [1.165, 1.54) is 5.56 Å². The number of benzene rings is 2. The first-order valence-corrected chi connectivity index (χ1v) is 10.7. The summed E-state index contributed by atoms with van der Waals surface area (Å²) in [5.74, 6) is 2.30. The highest BCUT2D eigenvalue weighted by Crippen LogP contribution is 2.34. The molecule has 0 unspecified atom stereocenters. The predicted molar refractivity (Wildman–Crippen MR) is 119 cm³/mol. The van der Waals surface area contributed by atoms with Crippen LogP contribution < -0.4 is 25.2 Å². The normalized spacial score (nSPS) is 16.6. The molecule has 8 heteroatoms. The first-order chi connectivity index (χ1) is 15.1. The SMILES string of the molecule is COc1ccc2oc(=O)c(Cl)c(NC3CCN(Cc4ccc5c(c4)OCO5)CC3)c2c1. The topological polar surface area (TPSA) is 73.2 Å². The van der Waals surface area contributed by atoms with E-state index in [4.69, 9.17) is 30.2 Å². The summed E-state index contributed by atoms with van der Waals surface area (Å²) in [5, 5.41) is 4.31. The highest BCUT2D eigenvalue weighted by Gasteiger charge is 2.23. The second kappa shape index (κ2) is 8.32. The third kappa shape index (κ3) is 4.03. The van der Waals surface area contributed by atoms with Crippen molar-refractivity contribution in [3.8, 4) is 17.2 Å². The number of fused-ring (bicyclic) bond motifs is 2. The van der Waals surface area contributed by atoms with Crippen molar-refractivity contribution in [2.24, 2.45) is 0 Å². The van der Waals surface area contributed by atoms with Crippen LogP contribution in [-0.2, 0) is 6.54 Å². The van der Waals surface area contributed by atoms with Crippen LogP contribution in [0.1, 0.15) is 18.4 Å². The molecule has 1 fully saturated rings. The van der Waals surface area contributed by atoms with E-state index in [0.717, 1.165) is 49.4 Å². The van der Waals surface area contributed by atoms with Crippen molar-refractivity contribution < 1.29 is 18.6 Å². The van der Waals surface area contributed by atoms with Gasteiger partial charge in [0.2, 0.25) is 6.79 Å². The monoisotopic (exact) mass is 442 g/mol. The number of halogens is 1. The molecule has 3 heterocycles. The molecule has 1 N–H and O–H groups in total. The molecule has 162 valence electrons. The smallest absolute Gasteiger partial charge is 0.357 e. The van der Waals surface area contributed by atoms with Crippen LogP contribution in [0.2, 0.25) is 5.02 Å². The maximum Gasteiger partial charge on any atom is 0.357 e. The fraction of sp³-hybridized carbons (Fsp3) is 0.348. The molecule has 1 aromatic heterocycles. The molecule has 2 aliphatic heterocycles. The van der Waals surface area contributed by atoms with Crippen molar-refractivity contribution in [3.63, 3.8) is 0 Å². The Hall–Kier alpha value is -2.90. The van der Waals surface area contributed by atoms with Gasteiger partial charge in [-0.05, 0) is 48.7 Å². The minimum atomic E-state index is -0.540. The van der Waals surface area contributed by atoms with Gasteiger partial charge in [-0.25, -0.2) is 4.79 Å². The third-order valence-corrected chi connectivity index (χ3v) is 6.18. The Morgan fingerprint density at radius 3 is 2.74 bits per heavy atom. The zero-order valence-corrected chi connectivity index (χ0v) is 17.9. The molecule has 31 heavy (non-hydrogen) atoms. The number of rotatable bonds is 5. The van der Waals surface area contributed by atoms with Crippen molar-refractivity contribution >= 4 is 28.3 Å². The van der Waals surface area contributed by atoms with E-state index in [0.29, 0.717) is 17.0 Å². The number of ether oxygens (including phenoxy) is 3. The summed E-state index contributed by atoms with van der Waals surface area (Å²) in [6.07, 6.45) is 1.87. The Morgan fingerprint density at radius 1 is 1.13 bits per heavy atom. The molecule has 3 aromatic rings. The summed E-state index contributed by atoms with van der Waals surface area (Å²) in [6, 6.07) is 11.6. The molecule has 2 aromatic carbocycles. The van der Waals surface area contributed by atoms with Crippen LogP contribution in [0.15, 0.2) is 45.6 Å². The number of hydrogen-bond donors (Lipinski definition) is 1. The van der Waals surface area contributed by atoms with Gasteiger partial charge < -0.3 is 23.9 Å². The molecule has 0 spiro atoms. The summed E-state index contributed by atoms with van der Waals surface area (Å²) < 4.78 is 21.5. The standard InChI is InChI=1S/C23H23ClN2O5/c1-28-16-3-5-18-17(11-16)22(21(24)23(27)31-18)25-15-6-8-26(9-7-15)12-14-2-4-19-20(10-14)30-13-29-19/h2-5,10-11,15,25H,6-9,12-13H2,1H3. The van der Waals surface area contributed by atoms with E-state index >= 15 is 0 Å². The molecular weight excluding hydrogens is 420 g/mol. The molecule has 0 saturated carbocycles. The molecular formula is C23H23ClN2O5. The van der Waals surface area contributed by atoms with Gasteiger partial charge in [0.15, 0.2) is 11.5 Å². The van der Waals surface area contributed by atoms with E-state index in [1.54, 1.807) is 19.2 Å². The number of anilines is 1. The second-order valence-corrected chi connectivity index (χ2v) is 8.20. The zero-order valence-electron chi connectivity index (χ0n) is 17.2. The molecule has 7 nitrogen and oxygen atoms in total. The fourth-order valence-electron chi connectivity index (χ4n) is 4.16. The average Bonchev–Trinajstić information content (AvgIpc) is 3.26. The summed E-state index contributed by atoms with van der Waals surface area (Å²) in [6.45, 7) is 3.02. The van der Waals surface area contributed by atoms with Gasteiger partial charge in [0, 0.05) is 31.1 Å². The predicted octanol–water partition coefficient (Wildman–Crippen LogP) is 4.26. The van der Waals surface area contributed by atoms with Gasteiger partial charge in [0.25, 0.3) is 0 Å². The first-order valence-electron chi connectivity index (χ1n) is 10.3. The minimum Gasteiger partial charge on any atom is -0.497 e. The number of methoxy groups -OCH3 is 1. The van der Waals surface area contributed by atoms with Crippen molar-refractivity contribution in [2.45, 2.75) is 25.4 Å². The second-order valence-electron chi connectivity index (χ2n) is 7.82. The van der Waals surface area contributed by atoms with Crippen LogP contribution in [0, 0.1) is 0 Å². The summed E-state index contributed by atoms with van der Waals surface area (Å²) in [4.78, 5) is 14.6. The molecule has 2 aliphatic rings. The Balaban J connectivity index is 1.28. The number of piperidine rings is 1. The van der Waals surface area contributed by atoms with Gasteiger partial charge in [-0.3, -0.25) is 4.90 Å². The first kappa shape index (κ1) is 20.0. The van der Waals surface area contributed by atoms with Crippen LogP contribution in [-0.4, -0.2) is 37.9 Å². The van der Waals surface area contributed by atoms with Crippen molar-refractivity contribution in [1.82, 2.24) is 4.90 Å². The quantitative estimate of drug-likeness (QED) is 0.592. The van der Waals surface area contributed by atoms with Crippen LogP contribution >= 0.6 is 11.6 Å². The van der Waals surface area contributed by atoms with Gasteiger partial charge in [-0.2, -0.15) is 0 Å². The zero-order chi connectivity index (χ0) is 21.4. The van der Waals surface area contributed by atoms with Crippen molar-refractivity contribution in [2.75, 3.05) is 32.3 Å². The lowest BCUT2D eigenvalue weighted by atomic mass is 10.0. The molecule has 0 bridgehead atoms. The lowest BCUT2D eigenvalue weighted by molar-refractivity contribution is 0.173. The molecule has 0 atom stereocenters. The lowest BCUT2D eigenvalue weighted by Crippen LogP contribution is -2.38. The minimum absolute atomic E-state index is 0.0727. The Kier molecular flexibility index (Phi) is 5.38. The maximum atomic E-state index is 12.2. The van der Waals surface area contributed by atoms with Gasteiger partial charge in [-0.15, -0.1) is 0 Å². The Labute approximate surface area is 184 Å². The van der Waals surface area contributed by atoms with Gasteiger partial charge in [0.1, 0.15) is 16.4 Å². The molecule has 1 saturated heterocycles.